The van der Waals surface area contributed by atoms with Gasteiger partial charge in [0.25, 0.3) is 0 Å². The van der Waals surface area contributed by atoms with Gasteiger partial charge in [-0.05, 0) is 38.4 Å². The fraction of sp³-hybridized carbons (Fsp3) is 0.692. The molecule has 4 heteroatoms. The van der Waals surface area contributed by atoms with Gasteiger partial charge in [-0.2, -0.15) is 0 Å². The molecule has 0 bridgehead atoms. The molecule has 17 heavy (non-hydrogen) atoms. The van der Waals surface area contributed by atoms with E-state index in [4.69, 9.17) is 13.9 Å². The first kappa shape index (κ1) is 12.6. The highest BCUT2D eigenvalue weighted by Gasteiger charge is 2.22. The normalized spacial score (nSPS) is 24.3. The van der Waals surface area contributed by atoms with Crippen molar-refractivity contribution in [3.63, 3.8) is 0 Å². The second kappa shape index (κ2) is 6.79. The van der Waals surface area contributed by atoms with E-state index in [0.717, 1.165) is 38.4 Å². The predicted molar refractivity (Wildman–Crippen MR) is 64.8 cm³/mol. The third-order valence-electron chi connectivity index (χ3n) is 3.07. The minimum atomic E-state index is 0.346. The van der Waals surface area contributed by atoms with Gasteiger partial charge >= 0.3 is 0 Å². The lowest BCUT2D eigenvalue weighted by molar-refractivity contribution is 0.0989. The number of nitrogens with one attached hydrogen (secondary N) is 1. The predicted octanol–water partition coefficient (Wildman–Crippen LogP) is 1.95. The average molecular weight is 239 g/mol. The highest BCUT2D eigenvalue weighted by Crippen LogP contribution is 2.12. The lowest BCUT2D eigenvalue weighted by atomic mass is 10.1. The largest absolute Gasteiger partial charge is 0.467 e. The molecule has 2 atom stereocenters. The molecule has 96 valence electrons. The van der Waals surface area contributed by atoms with Crippen LogP contribution in [0.5, 0.6) is 0 Å². The van der Waals surface area contributed by atoms with E-state index in [9.17, 15) is 0 Å². The highest BCUT2D eigenvalue weighted by atomic mass is 16.5. The Morgan fingerprint density at radius 1 is 1.53 bits per heavy atom. The number of hydrogen-bond acceptors (Lipinski definition) is 4. The minimum Gasteiger partial charge on any atom is -0.467 e. The molecular formula is C13H21NO3. The van der Waals surface area contributed by atoms with Crippen LogP contribution >= 0.6 is 0 Å². The van der Waals surface area contributed by atoms with Crippen molar-refractivity contribution in [2.45, 2.75) is 38.5 Å². The Bertz CT molecular complexity index is 300. The van der Waals surface area contributed by atoms with Crippen LogP contribution in [0.1, 0.15) is 25.5 Å². The van der Waals surface area contributed by atoms with Crippen LogP contribution in [0.3, 0.4) is 0 Å². The molecule has 4 nitrogen and oxygen atoms in total. The molecule has 0 aliphatic carbocycles. The number of furan rings is 1. The fourth-order valence-electron chi connectivity index (χ4n) is 2.03. The maximum atomic E-state index is 5.50. The zero-order chi connectivity index (χ0) is 11.9. The van der Waals surface area contributed by atoms with Crippen LogP contribution in [-0.4, -0.2) is 31.9 Å². The first-order valence-corrected chi connectivity index (χ1v) is 6.31. The maximum absolute atomic E-state index is 5.50. The molecule has 0 spiro atoms. The third-order valence-corrected chi connectivity index (χ3v) is 3.07. The van der Waals surface area contributed by atoms with Gasteiger partial charge in [0.1, 0.15) is 12.4 Å². The molecule has 1 N–H and O–H groups in total. The Balaban J connectivity index is 1.46. The minimum absolute atomic E-state index is 0.346. The number of hydrogen-bond donors (Lipinski definition) is 1. The van der Waals surface area contributed by atoms with Gasteiger partial charge in [-0.3, -0.25) is 0 Å². The lowest BCUT2D eigenvalue weighted by Crippen LogP contribution is -2.35. The van der Waals surface area contributed by atoms with Crippen molar-refractivity contribution < 1.29 is 13.9 Å². The summed E-state index contributed by atoms with van der Waals surface area (Å²) in [5, 5.41) is 3.50. The summed E-state index contributed by atoms with van der Waals surface area (Å²) in [6.45, 7) is 5.31. The Labute approximate surface area is 102 Å². The van der Waals surface area contributed by atoms with Crippen molar-refractivity contribution in [2.75, 3.05) is 19.8 Å². The molecule has 0 saturated carbocycles. The van der Waals surface area contributed by atoms with E-state index >= 15 is 0 Å². The number of rotatable bonds is 7. The van der Waals surface area contributed by atoms with Gasteiger partial charge in [-0.25, -0.2) is 0 Å². The van der Waals surface area contributed by atoms with Crippen LogP contribution in [-0.2, 0) is 16.1 Å². The zero-order valence-corrected chi connectivity index (χ0v) is 10.4. The van der Waals surface area contributed by atoms with Gasteiger partial charge in [-0.15, -0.1) is 0 Å². The van der Waals surface area contributed by atoms with Crippen molar-refractivity contribution in [3.8, 4) is 0 Å². The summed E-state index contributed by atoms with van der Waals surface area (Å²) in [5.41, 5.74) is 0. The second-order valence-corrected chi connectivity index (χ2v) is 4.41. The molecule has 2 unspecified atom stereocenters. The van der Waals surface area contributed by atoms with Crippen molar-refractivity contribution in [3.05, 3.63) is 24.2 Å². The SMILES string of the molecule is CC1OCCC1NCCCOCc1ccco1. The van der Waals surface area contributed by atoms with E-state index in [0.29, 0.717) is 18.8 Å². The molecule has 2 heterocycles. The van der Waals surface area contributed by atoms with Crippen molar-refractivity contribution >= 4 is 0 Å². The molecule has 1 saturated heterocycles. The molecule has 0 aromatic carbocycles. The van der Waals surface area contributed by atoms with Crippen LogP contribution in [0.25, 0.3) is 0 Å². The van der Waals surface area contributed by atoms with E-state index in [-0.39, 0.29) is 0 Å². The van der Waals surface area contributed by atoms with Gasteiger partial charge in [0.05, 0.1) is 12.4 Å². The van der Waals surface area contributed by atoms with Gasteiger partial charge in [0.2, 0.25) is 0 Å². The Morgan fingerprint density at radius 2 is 2.47 bits per heavy atom. The Morgan fingerprint density at radius 3 is 3.18 bits per heavy atom. The van der Waals surface area contributed by atoms with Crippen molar-refractivity contribution in [1.29, 1.82) is 0 Å². The van der Waals surface area contributed by atoms with Gasteiger partial charge < -0.3 is 19.2 Å². The topological polar surface area (TPSA) is 43.6 Å². The maximum Gasteiger partial charge on any atom is 0.129 e. The van der Waals surface area contributed by atoms with Crippen LogP contribution in [0, 0.1) is 0 Å². The van der Waals surface area contributed by atoms with Gasteiger partial charge in [-0.1, -0.05) is 0 Å². The van der Waals surface area contributed by atoms with Gasteiger partial charge in [0, 0.05) is 19.3 Å². The van der Waals surface area contributed by atoms with Crippen molar-refractivity contribution in [2.24, 2.45) is 0 Å². The molecule has 1 aliphatic rings. The first-order valence-electron chi connectivity index (χ1n) is 6.31. The molecule has 1 aliphatic heterocycles. The van der Waals surface area contributed by atoms with E-state index in [1.54, 1.807) is 6.26 Å². The smallest absolute Gasteiger partial charge is 0.129 e. The summed E-state index contributed by atoms with van der Waals surface area (Å²) < 4.78 is 16.2. The van der Waals surface area contributed by atoms with Crippen molar-refractivity contribution in [1.82, 2.24) is 5.32 Å². The molecule has 0 radical (unpaired) electrons. The van der Waals surface area contributed by atoms with Crippen LogP contribution in [0.4, 0.5) is 0 Å². The van der Waals surface area contributed by atoms with Crippen LogP contribution < -0.4 is 5.32 Å². The molecule has 2 rings (SSSR count). The molecular weight excluding hydrogens is 218 g/mol. The summed E-state index contributed by atoms with van der Waals surface area (Å²) >= 11 is 0. The second-order valence-electron chi connectivity index (χ2n) is 4.41. The standard InChI is InChI=1S/C13H21NO3/c1-11-13(5-9-16-11)14-6-3-7-15-10-12-4-2-8-17-12/h2,4,8,11,13-14H,3,5-7,9-10H2,1H3. The van der Waals surface area contributed by atoms with Gasteiger partial charge in [0.15, 0.2) is 0 Å². The number of ether oxygens (including phenoxy) is 2. The summed E-state index contributed by atoms with van der Waals surface area (Å²) in [5.74, 6) is 0.885. The van der Waals surface area contributed by atoms with E-state index in [1.807, 2.05) is 12.1 Å². The van der Waals surface area contributed by atoms with E-state index < -0.39 is 0 Å². The lowest BCUT2D eigenvalue weighted by Gasteiger charge is -2.15. The highest BCUT2D eigenvalue weighted by molar-refractivity contribution is 4.95. The molecule has 1 aromatic rings. The summed E-state index contributed by atoms with van der Waals surface area (Å²) in [6, 6.07) is 4.32. The quantitative estimate of drug-likeness (QED) is 0.739. The average Bonchev–Trinajstić information content (AvgIpc) is 2.95. The van der Waals surface area contributed by atoms with E-state index in [2.05, 4.69) is 12.2 Å². The molecule has 0 amide bonds. The first-order chi connectivity index (χ1) is 8.36. The van der Waals surface area contributed by atoms with Crippen LogP contribution in [0.15, 0.2) is 22.8 Å². The molecule has 1 aromatic heterocycles. The Kier molecular flexibility index (Phi) is 5.04. The molecule has 1 fully saturated rings. The van der Waals surface area contributed by atoms with E-state index in [1.165, 1.54) is 0 Å². The Hall–Kier alpha value is -0.840. The summed E-state index contributed by atoms with van der Waals surface area (Å²) in [7, 11) is 0. The fourth-order valence-corrected chi connectivity index (χ4v) is 2.03. The monoisotopic (exact) mass is 239 g/mol. The zero-order valence-electron chi connectivity index (χ0n) is 10.4. The van der Waals surface area contributed by atoms with Crippen LogP contribution in [0.2, 0.25) is 0 Å². The third kappa shape index (κ3) is 4.15. The summed E-state index contributed by atoms with van der Waals surface area (Å²) in [6.07, 6.45) is 4.15. The summed E-state index contributed by atoms with van der Waals surface area (Å²) in [4.78, 5) is 0.